The molecule has 1 heterocycles. The van der Waals surface area contributed by atoms with Gasteiger partial charge in [-0.15, -0.1) is 0 Å². The first-order chi connectivity index (χ1) is 11.5. The Hall–Kier alpha value is -2.27. The largest absolute Gasteiger partial charge is 0.495 e. The van der Waals surface area contributed by atoms with Crippen LogP contribution in [0.1, 0.15) is 29.9 Å². The third-order valence-electron chi connectivity index (χ3n) is 3.79. The van der Waals surface area contributed by atoms with Crippen LogP contribution in [-0.2, 0) is 0 Å². The first kappa shape index (κ1) is 18.1. The number of nitrogens with zero attached hydrogens (tertiary/aromatic N) is 2. The van der Waals surface area contributed by atoms with E-state index in [2.05, 4.69) is 10.3 Å². The quantitative estimate of drug-likeness (QED) is 0.847. The summed E-state index contributed by atoms with van der Waals surface area (Å²) in [5.41, 5.74) is 2.94. The van der Waals surface area contributed by atoms with Gasteiger partial charge >= 0.3 is 0 Å². The average Bonchev–Trinajstić information content (AvgIpc) is 2.59. The molecule has 2 aromatic rings. The fourth-order valence-corrected chi connectivity index (χ4v) is 2.51. The number of carbonyl (C=O) groups is 1. The minimum atomic E-state index is -0.0635. The van der Waals surface area contributed by atoms with Crippen molar-refractivity contribution in [1.29, 1.82) is 0 Å². The number of pyridine rings is 1. The highest BCUT2D eigenvalue weighted by molar-refractivity contribution is 6.31. The lowest BCUT2D eigenvalue weighted by molar-refractivity contribution is 0.0767. The van der Waals surface area contributed by atoms with Crippen LogP contribution in [0.2, 0.25) is 5.02 Å². The smallest absolute Gasteiger partial charge is 0.272 e. The van der Waals surface area contributed by atoms with Crippen LogP contribution in [0.25, 0.3) is 0 Å². The minimum absolute atomic E-state index is 0.0635. The van der Waals surface area contributed by atoms with Gasteiger partial charge in [0, 0.05) is 24.2 Å². The van der Waals surface area contributed by atoms with Gasteiger partial charge in [-0.25, -0.2) is 4.98 Å². The molecule has 1 N–H and O–H groups in total. The zero-order valence-corrected chi connectivity index (χ0v) is 15.1. The van der Waals surface area contributed by atoms with Gasteiger partial charge in [-0.3, -0.25) is 4.79 Å². The number of halogens is 1. The number of methoxy groups -OCH3 is 1. The molecule has 0 aliphatic heterocycles. The van der Waals surface area contributed by atoms with E-state index in [4.69, 9.17) is 16.3 Å². The van der Waals surface area contributed by atoms with Gasteiger partial charge in [-0.2, -0.15) is 0 Å². The van der Waals surface area contributed by atoms with Crippen molar-refractivity contribution in [3.8, 4) is 5.75 Å². The zero-order valence-electron chi connectivity index (χ0n) is 14.4. The minimum Gasteiger partial charge on any atom is -0.495 e. The fourth-order valence-electron chi connectivity index (χ4n) is 2.35. The summed E-state index contributed by atoms with van der Waals surface area (Å²) in [5, 5.41) is 3.89. The van der Waals surface area contributed by atoms with E-state index < -0.39 is 0 Å². The Bertz CT molecular complexity index is 713. The van der Waals surface area contributed by atoms with Crippen LogP contribution in [0.4, 0.5) is 11.4 Å². The maximum atomic E-state index is 12.3. The van der Waals surface area contributed by atoms with Gasteiger partial charge in [-0.1, -0.05) is 11.6 Å². The average molecular weight is 348 g/mol. The number of rotatable bonds is 6. The molecule has 1 amide bonds. The molecule has 0 aliphatic rings. The van der Waals surface area contributed by atoms with Crippen LogP contribution >= 0.6 is 11.6 Å². The summed E-state index contributed by atoms with van der Waals surface area (Å²) in [5.74, 6) is 0.584. The third-order valence-corrected chi connectivity index (χ3v) is 4.20. The monoisotopic (exact) mass is 347 g/mol. The molecule has 24 heavy (non-hydrogen) atoms. The van der Waals surface area contributed by atoms with Crippen molar-refractivity contribution in [2.24, 2.45) is 0 Å². The van der Waals surface area contributed by atoms with Crippen molar-refractivity contribution in [2.75, 3.05) is 25.5 Å². The summed E-state index contributed by atoms with van der Waals surface area (Å²) in [6, 6.07) is 7.23. The van der Waals surface area contributed by atoms with E-state index in [1.807, 2.05) is 32.9 Å². The second kappa shape index (κ2) is 8.02. The molecule has 0 fully saturated rings. The summed E-state index contributed by atoms with van der Waals surface area (Å²) in [4.78, 5) is 18.3. The summed E-state index contributed by atoms with van der Waals surface area (Å²) in [7, 11) is 1.59. The number of hydrogen-bond acceptors (Lipinski definition) is 4. The third kappa shape index (κ3) is 3.97. The number of aryl methyl sites for hydroxylation is 1. The molecule has 0 bridgehead atoms. The predicted molar refractivity (Wildman–Crippen MR) is 97.5 cm³/mol. The Labute approximate surface area is 147 Å². The molecule has 0 atom stereocenters. The first-order valence-electron chi connectivity index (χ1n) is 7.86. The molecule has 0 unspecified atom stereocenters. The predicted octanol–water partition coefficient (Wildman–Crippen LogP) is 4.28. The maximum Gasteiger partial charge on any atom is 0.272 e. The van der Waals surface area contributed by atoms with Gasteiger partial charge in [-0.05, 0) is 44.5 Å². The van der Waals surface area contributed by atoms with E-state index in [1.54, 1.807) is 30.3 Å². The number of anilines is 2. The lowest BCUT2D eigenvalue weighted by atomic mass is 10.2. The van der Waals surface area contributed by atoms with Crippen molar-refractivity contribution < 1.29 is 9.53 Å². The summed E-state index contributed by atoms with van der Waals surface area (Å²) >= 11 is 6.12. The van der Waals surface area contributed by atoms with Gasteiger partial charge in [0.05, 0.1) is 24.7 Å². The van der Waals surface area contributed by atoms with E-state index in [-0.39, 0.29) is 5.91 Å². The highest BCUT2D eigenvalue weighted by Crippen LogP contribution is 2.32. The Morgan fingerprint density at radius 3 is 2.54 bits per heavy atom. The summed E-state index contributed by atoms with van der Waals surface area (Å²) < 4.78 is 5.35. The molecule has 6 heteroatoms. The number of hydrogen-bond donors (Lipinski definition) is 1. The second-order valence-electron chi connectivity index (χ2n) is 5.34. The number of aromatic nitrogens is 1. The molecule has 1 aromatic carbocycles. The lowest BCUT2D eigenvalue weighted by Gasteiger charge is -2.18. The van der Waals surface area contributed by atoms with Gasteiger partial charge in [0.15, 0.2) is 0 Å². The number of nitrogens with one attached hydrogen (secondary N) is 1. The van der Waals surface area contributed by atoms with Crippen LogP contribution in [0.5, 0.6) is 5.75 Å². The molecule has 5 nitrogen and oxygen atoms in total. The fraction of sp³-hybridized carbons (Fsp3) is 0.333. The van der Waals surface area contributed by atoms with E-state index >= 15 is 0 Å². The van der Waals surface area contributed by atoms with Gasteiger partial charge in [0.25, 0.3) is 5.91 Å². The van der Waals surface area contributed by atoms with Crippen LogP contribution in [-0.4, -0.2) is 36.0 Å². The van der Waals surface area contributed by atoms with Gasteiger partial charge < -0.3 is 15.0 Å². The first-order valence-corrected chi connectivity index (χ1v) is 8.24. The molecule has 0 spiro atoms. The zero-order chi connectivity index (χ0) is 17.7. The Balaban J connectivity index is 2.21. The standard InChI is InChI=1S/C18H22ClN3O2/c1-5-22(6-2)18(23)15-8-7-13(11-20-15)21-16-9-12(3)14(19)10-17(16)24-4/h7-11,21H,5-6H2,1-4H3. The number of carbonyl (C=O) groups excluding carboxylic acids is 1. The molecule has 0 saturated carbocycles. The van der Waals surface area contributed by atoms with E-state index in [0.29, 0.717) is 29.6 Å². The molecule has 2 rings (SSSR count). The molecular formula is C18H22ClN3O2. The summed E-state index contributed by atoms with van der Waals surface area (Å²) in [6.07, 6.45) is 1.64. The molecule has 128 valence electrons. The van der Waals surface area contributed by atoms with Gasteiger partial charge in [0.2, 0.25) is 0 Å². The van der Waals surface area contributed by atoms with E-state index in [1.165, 1.54) is 0 Å². The van der Waals surface area contributed by atoms with Crippen molar-refractivity contribution >= 4 is 28.9 Å². The van der Waals surface area contributed by atoms with E-state index in [9.17, 15) is 4.79 Å². The summed E-state index contributed by atoms with van der Waals surface area (Å²) in [6.45, 7) is 7.16. The number of benzene rings is 1. The van der Waals surface area contributed by atoms with Gasteiger partial charge in [0.1, 0.15) is 11.4 Å². The normalized spacial score (nSPS) is 10.4. The molecular weight excluding hydrogens is 326 g/mol. The number of ether oxygens (including phenoxy) is 1. The molecule has 1 aromatic heterocycles. The molecule has 0 aliphatic carbocycles. The Morgan fingerprint density at radius 1 is 1.29 bits per heavy atom. The van der Waals surface area contributed by atoms with Crippen molar-refractivity contribution in [3.63, 3.8) is 0 Å². The maximum absolute atomic E-state index is 12.3. The highest BCUT2D eigenvalue weighted by atomic mass is 35.5. The SMILES string of the molecule is CCN(CC)C(=O)c1ccc(Nc2cc(C)c(Cl)cc2OC)cn1. The Morgan fingerprint density at radius 2 is 2.00 bits per heavy atom. The van der Waals surface area contributed by atoms with Crippen molar-refractivity contribution in [1.82, 2.24) is 9.88 Å². The number of amides is 1. The van der Waals surface area contributed by atoms with Crippen LogP contribution in [0.3, 0.4) is 0 Å². The highest BCUT2D eigenvalue weighted by Gasteiger charge is 2.14. The van der Waals surface area contributed by atoms with Crippen molar-refractivity contribution in [2.45, 2.75) is 20.8 Å². The van der Waals surface area contributed by atoms with E-state index in [0.717, 1.165) is 16.9 Å². The van der Waals surface area contributed by atoms with Crippen LogP contribution < -0.4 is 10.1 Å². The Kier molecular flexibility index (Phi) is 6.04. The topological polar surface area (TPSA) is 54.5 Å². The van der Waals surface area contributed by atoms with Crippen molar-refractivity contribution in [3.05, 3.63) is 46.7 Å². The van der Waals surface area contributed by atoms with Crippen LogP contribution in [0, 0.1) is 6.92 Å². The second-order valence-corrected chi connectivity index (χ2v) is 5.74. The molecule has 0 radical (unpaired) electrons. The van der Waals surface area contributed by atoms with Crippen LogP contribution in [0.15, 0.2) is 30.5 Å². The molecule has 0 saturated heterocycles. The lowest BCUT2D eigenvalue weighted by Crippen LogP contribution is -2.31.